The fraction of sp³-hybridized carbons (Fsp3) is 0.188. The van der Waals surface area contributed by atoms with Gasteiger partial charge in [0.1, 0.15) is 5.82 Å². The summed E-state index contributed by atoms with van der Waals surface area (Å²) in [7, 11) is 1.62. The third kappa shape index (κ3) is 4.03. The van der Waals surface area contributed by atoms with Crippen molar-refractivity contribution in [1.82, 2.24) is 5.32 Å². The van der Waals surface area contributed by atoms with Crippen molar-refractivity contribution in [2.75, 3.05) is 12.8 Å². The van der Waals surface area contributed by atoms with Gasteiger partial charge in [0.05, 0.1) is 12.2 Å². The van der Waals surface area contributed by atoms with Gasteiger partial charge in [0, 0.05) is 19.3 Å². The molecule has 0 saturated heterocycles. The highest BCUT2D eigenvalue weighted by molar-refractivity contribution is 5.95. The molecular weight excluding hydrogens is 271 g/mol. The Morgan fingerprint density at radius 1 is 1.24 bits per heavy atom. The highest BCUT2D eigenvalue weighted by Crippen LogP contribution is 2.12. The fourth-order valence-corrected chi connectivity index (χ4v) is 1.99. The van der Waals surface area contributed by atoms with Gasteiger partial charge in [0.15, 0.2) is 0 Å². The monoisotopic (exact) mass is 288 g/mol. The van der Waals surface area contributed by atoms with Crippen molar-refractivity contribution in [3.8, 4) is 0 Å². The minimum Gasteiger partial charge on any atom is -0.399 e. The number of anilines is 1. The average molecular weight is 288 g/mol. The first-order chi connectivity index (χ1) is 10.1. The number of rotatable bonds is 5. The lowest BCUT2D eigenvalue weighted by Gasteiger charge is -2.08. The number of hydrogen-bond acceptors (Lipinski definition) is 3. The molecular formula is C16H17FN2O2. The van der Waals surface area contributed by atoms with Gasteiger partial charge in [-0.3, -0.25) is 4.79 Å². The van der Waals surface area contributed by atoms with Crippen molar-refractivity contribution in [1.29, 1.82) is 0 Å². The molecule has 0 aliphatic rings. The van der Waals surface area contributed by atoms with E-state index in [1.54, 1.807) is 7.11 Å². The predicted molar refractivity (Wildman–Crippen MR) is 79.1 cm³/mol. The van der Waals surface area contributed by atoms with Gasteiger partial charge in [-0.1, -0.05) is 24.3 Å². The van der Waals surface area contributed by atoms with Crippen LogP contribution in [0, 0.1) is 5.82 Å². The Balaban J connectivity index is 2.04. The second kappa shape index (κ2) is 6.85. The minimum atomic E-state index is -0.588. The molecule has 0 unspecified atom stereocenters. The van der Waals surface area contributed by atoms with Gasteiger partial charge in [-0.15, -0.1) is 0 Å². The maximum absolute atomic E-state index is 13.6. The van der Waals surface area contributed by atoms with Crippen LogP contribution in [0.5, 0.6) is 0 Å². The number of carbonyl (C=O) groups excluding carboxylic acids is 1. The van der Waals surface area contributed by atoms with Crippen LogP contribution in [0.3, 0.4) is 0 Å². The maximum atomic E-state index is 13.6. The van der Waals surface area contributed by atoms with Crippen LogP contribution in [-0.2, 0) is 17.9 Å². The van der Waals surface area contributed by atoms with Crippen LogP contribution in [0.2, 0.25) is 0 Å². The van der Waals surface area contributed by atoms with E-state index in [1.807, 2.05) is 24.3 Å². The molecule has 0 aliphatic carbocycles. The number of methoxy groups -OCH3 is 1. The number of nitrogens with one attached hydrogen (secondary N) is 1. The summed E-state index contributed by atoms with van der Waals surface area (Å²) >= 11 is 0. The summed E-state index contributed by atoms with van der Waals surface area (Å²) in [4.78, 5) is 12.0. The van der Waals surface area contributed by atoms with Crippen molar-refractivity contribution < 1.29 is 13.9 Å². The summed E-state index contributed by atoms with van der Waals surface area (Å²) in [5, 5.41) is 2.68. The molecule has 1 amide bonds. The Labute approximate surface area is 122 Å². The van der Waals surface area contributed by atoms with Gasteiger partial charge in [-0.05, 0) is 29.3 Å². The number of nitrogen functional groups attached to an aromatic ring is 1. The van der Waals surface area contributed by atoms with Crippen LogP contribution in [-0.4, -0.2) is 13.0 Å². The van der Waals surface area contributed by atoms with Gasteiger partial charge in [-0.2, -0.15) is 0 Å². The molecule has 0 saturated carbocycles. The quantitative estimate of drug-likeness (QED) is 0.831. The van der Waals surface area contributed by atoms with E-state index >= 15 is 0 Å². The summed E-state index contributed by atoms with van der Waals surface area (Å²) in [6.07, 6.45) is 0. The van der Waals surface area contributed by atoms with Crippen LogP contribution in [0.15, 0.2) is 42.5 Å². The molecule has 0 fully saturated rings. The molecule has 0 bridgehead atoms. The number of nitrogens with two attached hydrogens (primary N) is 1. The Morgan fingerprint density at radius 2 is 2.00 bits per heavy atom. The minimum absolute atomic E-state index is 0.0527. The zero-order valence-corrected chi connectivity index (χ0v) is 11.7. The topological polar surface area (TPSA) is 64.3 Å². The first-order valence-corrected chi connectivity index (χ1v) is 6.50. The number of hydrogen-bond donors (Lipinski definition) is 2. The first-order valence-electron chi connectivity index (χ1n) is 6.50. The van der Waals surface area contributed by atoms with Crippen molar-refractivity contribution in [2.45, 2.75) is 13.2 Å². The molecule has 2 aromatic rings. The van der Waals surface area contributed by atoms with Crippen LogP contribution in [0.1, 0.15) is 21.5 Å². The lowest BCUT2D eigenvalue weighted by atomic mass is 10.1. The number of amides is 1. The molecule has 0 heterocycles. The highest BCUT2D eigenvalue weighted by atomic mass is 19.1. The SMILES string of the molecule is COCc1cccc(CNC(=O)c2cc(N)ccc2F)c1. The summed E-state index contributed by atoms with van der Waals surface area (Å²) in [5.41, 5.74) is 7.80. The van der Waals surface area contributed by atoms with Crippen LogP contribution in [0.4, 0.5) is 10.1 Å². The number of ether oxygens (including phenoxy) is 1. The van der Waals surface area contributed by atoms with E-state index in [0.29, 0.717) is 18.8 Å². The molecule has 2 aromatic carbocycles. The van der Waals surface area contributed by atoms with Gasteiger partial charge in [-0.25, -0.2) is 4.39 Å². The molecule has 0 aromatic heterocycles. The highest BCUT2D eigenvalue weighted by Gasteiger charge is 2.11. The lowest BCUT2D eigenvalue weighted by Crippen LogP contribution is -2.24. The second-order valence-corrected chi connectivity index (χ2v) is 4.67. The number of benzene rings is 2. The van der Waals surface area contributed by atoms with Gasteiger partial charge in [0.2, 0.25) is 0 Å². The number of carbonyl (C=O) groups is 1. The van der Waals surface area contributed by atoms with Crippen LogP contribution in [0.25, 0.3) is 0 Å². The van der Waals surface area contributed by atoms with E-state index in [4.69, 9.17) is 10.5 Å². The smallest absolute Gasteiger partial charge is 0.254 e. The van der Waals surface area contributed by atoms with E-state index in [2.05, 4.69) is 5.32 Å². The van der Waals surface area contributed by atoms with E-state index in [0.717, 1.165) is 11.1 Å². The standard InChI is InChI=1S/C16H17FN2O2/c1-21-10-12-4-2-3-11(7-12)9-19-16(20)14-8-13(18)5-6-15(14)17/h2-8H,9-10,18H2,1H3,(H,19,20). The van der Waals surface area contributed by atoms with Crippen molar-refractivity contribution in [2.24, 2.45) is 0 Å². The Hall–Kier alpha value is -2.40. The lowest BCUT2D eigenvalue weighted by molar-refractivity contribution is 0.0947. The van der Waals surface area contributed by atoms with Crippen molar-refractivity contribution in [3.63, 3.8) is 0 Å². The predicted octanol–water partition coefficient (Wildman–Crippen LogP) is 2.48. The molecule has 0 aliphatic heterocycles. The molecule has 2 rings (SSSR count). The molecule has 0 spiro atoms. The molecule has 0 radical (unpaired) electrons. The average Bonchev–Trinajstić information content (AvgIpc) is 2.48. The van der Waals surface area contributed by atoms with E-state index < -0.39 is 11.7 Å². The summed E-state index contributed by atoms with van der Waals surface area (Å²) < 4.78 is 18.6. The fourth-order valence-electron chi connectivity index (χ4n) is 1.99. The van der Waals surface area contributed by atoms with Gasteiger partial charge in [0.25, 0.3) is 5.91 Å². The molecule has 5 heteroatoms. The van der Waals surface area contributed by atoms with E-state index in [-0.39, 0.29) is 5.56 Å². The second-order valence-electron chi connectivity index (χ2n) is 4.67. The van der Waals surface area contributed by atoms with Crippen molar-refractivity contribution in [3.05, 3.63) is 65.0 Å². The Bertz CT molecular complexity index is 644. The zero-order chi connectivity index (χ0) is 15.2. The summed E-state index contributed by atoms with van der Waals surface area (Å²) in [6.45, 7) is 0.816. The van der Waals surface area contributed by atoms with E-state index in [1.165, 1.54) is 18.2 Å². The van der Waals surface area contributed by atoms with Gasteiger partial charge < -0.3 is 15.8 Å². The number of halogens is 1. The van der Waals surface area contributed by atoms with Crippen molar-refractivity contribution >= 4 is 11.6 Å². The normalized spacial score (nSPS) is 10.4. The summed E-state index contributed by atoms with van der Waals surface area (Å²) in [6, 6.07) is 11.6. The third-order valence-corrected chi connectivity index (χ3v) is 2.99. The van der Waals surface area contributed by atoms with Gasteiger partial charge >= 0.3 is 0 Å². The Kier molecular flexibility index (Phi) is 4.90. The third-order valence-electron chi connectivity index (χ3n) is 2.99. The first kappa shape index (κ1) is 15.0. The molecule has 0 atom stereocenters. The molecule has 4 nitrogen and oxygen atoms in total. The Morgan fingerprint density at radius 3 is 2.76 bits per heavy atom. The zero-order valence-electron chi connectivity index (χ0n) is 11.7. The van der Waals surface area contributed by atoms with Crippen LogP contribution >= 0.6 is 0 Å². The van der Waals surface area contributed by atoms with Crippen LogP contribution < -0.4 is 11.1 Å². The largest absolute Gasteiger partial charge is 0.399 e. The summed E-state index contributed by atoms with van der Waals surface area (Å²) in [5.74, 6) is -1.08. The maximum Gasteiger partial charge on any atom is 0.254 e. The molecule has 110 valence electrons. The molecule has 21 heavy (non-hydrogen) atoms. The van der Waals surface area contributed by atoms with E-state index in [9.17, 15) is 9.18 Å². The molecule has 3 N–H and O–H groups in total.